The van der Waals surface area contributed by atoms with Crippen molar-refractivity contribution in [3.8, 4) is 11.5 Å². The molecule has 1 aromatic carbocycles. The Kier molecular flexibility index (Phi) is 4.66. The quantitative estimate of drug-likeness (QED) is 0.932. The van der Waals surface area contributed by atoms with Gasteiger partial charge in [0.2, 0.25) is 0 Å². The highest BCUT2D eigenvalue weighted by atomic mass is 79.9. The van der Waals surface area contributed by atoms with Crippen molar-refractivity contribution in [2.75, 3.05) is 19.8 Å². The summed E-state index contributed by atoms with van der Waals surface area (Å²) >= 11 is 3.60. The van der Waals surface area contributed by atoms with E-state index in [0.29, 0.717) is 19.8 Å². The number of nitrogens with two attached hydrogens (primary N) is 1. The number of ether oxygens (including phenoxy) is 2. The van der Waals surface area contributed by atoms with Crippen molar-refractivity contribution in [2.45, 2.75) is 19.8 Å². The Bertz CT molecular complexity index is 458. The molecule has 2 rings (SSSR count). The van der Waals surface area contributed by atoms with Gasteiger partial charge in [-0.05, 0) is 18.1 Å². The highest BCUT2D eigenvalue weighted by molar-refractivity contribution is 9.10. The standard InChI is InChI=1S/C14H18BrNO2/c1-2-10-11(5-3-6-16)12(15)9-13-14(10)18-8-4-7-17-13/h3,5,9H,2,4,6-8,16H2,1H3/b5-3+. The lowest BCUT2D eigenvalue weighted by atomic mass is 10.0. The summed E-state index contributed by atoms with van der Waals surface area (Å²) in [5, 5.41) is 0. The monoisotopic (exact) mass is 311 g/mol. The summed E-state index contributed by atoms with van der Waals surface area (Å²) in [6.07, 6.45) is 5.81. The Hall–Kier alpha value is -1.00. The first-order valence-corrected chi connectivity index (χ1v) is 7.04. The first-order valence-electron chi connectivity index (χ1n) is 6.25. The Labute approximate surface area is 116 Å². The average molecular weight is 312 g/mol. The molecule has 0 amide bonds. The average Bonchev–Trinajstić information content (AvgIpc) is 2.60. The van der Waals surface area contributed by atoms with Crippen molar-refractivity contribution in [1.82, 2.24) is 0 Å². The Morgan fingerprint density at radius 3 is 2.89 bits per heavy atom. The van der Waals surface area contributed by atoms with E-state index in [1.807, 2.05) is 18.2 Å². The van der Waals surface area contributed by atoms with Crippen LogP contribution < -0.4 is 15.2 Å². The van der Waals surface area contributed by atoms with Gasteiger partial charge in [0.15, 0.2) is 11.5 Å². The van der Waals surface area contributed by atoms with Crippen LogP contribution in [-0.2, 0) is 6.42 Å². The summed E-state index contributed by atoms with van der Waals surface area (Å²) < 4.78 is 12.6. The molecule has 2 N–H and O–H groups in total. The molecule has 0 bridgehead atoms. The van der Waals surface area contributed by atoms with E-state index in [0.717, 1.165) is 34.4 Å². The Morgan fingerprint density at radius 1 is 1.39 bits per heavy atom. The molecule has 1 aliphatic rings. The van der Waals surface area contributed by atoms with Gasteiger partial charge in [-0.25, -0.2) is 0 Å². The maximum atomic E-state index is 5.84. The molecule has 98 valence electrons. The zero-order chi connectivity index (χ0) is 13.0. The predicted octanol–water partition coefficient (Wildman–Crippen LogP) is 3.14. The SMILES string of the molecule is CCc1c(/C=C/CN)c(Br)cc2c1OCCCO2. The smallest absolute Gasteiger partial charge is 0.165 e. The minimum absolute atomic E-state index is 0.532. The van der Waals surface area contributed by atoms with Crippen LogP contribution in [0, 0.1) is 0 Å². The molecule has 1 aliphatic heterocycles. The van der Waals surface area contributed by atoms with Crippen molar-refractivity contribution in [2.24, 2.45) is 5.73 Å². The number of halogens is 1. The molecule has 0 aromatic heterocycles. The van der Waals surface area contributed by atoms with Gasteiger partial charge < -0.3 is 15.2 Å². The third-order valence-electron chi connectivity index (χ3n) is 2.90. The van der Waals surface area contributed by atoms with E-state index in [4.69, 9.17) is 15.2 Å². The maximum absolute atomic E-state index is 5.84. The van der Waals surface area contributed by atoms with Crippen molar-refractivity contribution < 1.29 is 9.47 Å². The van der Waals surface area contributed by atoms with E-state index in [-0.39, 0.29) is 0 Å². The highest BCUT2D eigenvalue weighted by Gasteiger charge is 2.18. The lowest BCUT2D eigenvalue weighted by Crippen LogP contribution is -2.00. The first-order chi connectivity index (χ1) is 8.77. The van der Waals surface area contributed by atoms with E-state index in [2.05, 4.69) is 22.9 Å². The number of hydrogen-bond acceptors (Lipinski definition) is 3. The topological polar surface area (TPSA) is 44.5 Å². The van der Waals surface area contributed by atoms with Gasteiger partial charge in [0.25, 0.3) is 0 Å². The molecule has 0 unspecified atom stereocenters. The molecule has 1 aromatic rings. The van der Waals surface area contributed by atoms with Crippen molar-refractivity contribution >= 4 is 22.0 Å². The fraction of sp³-hybridized carbons (Fsp3) is 0.429. The molecule has 0 aliphatic carbocycles. The van der Waals surface area contributed by atoms with Crippen LogP contribution in [0.5, 0.6) is 11.5 Å². The molecule has 1 heterocycles. The van der Waals surface area contributed by atoms with E-state index in [1.165, 1.54) is 5.56 Å². The summed E-state index contributed by atoms with van der Waals surface area (Å²) in [5.74, 6) is 1.72. The van der Waals surface area contributed by atoms with Crippen LogP contribution in [0.2, 0.25) is 0 Å². The highest BCUT2D eigenvalue weighted by Crippen LogP contribution is 2.40. The zero-order valence-electron chi connectivity index (χ0n) is 10.5. The molecule has 3 nitrogen and oxygen atoms in total. The lowest BCUT2D eigenvalue weighted by molar-refractivity contribution is 0.296. The number of hydrogen-bond donors (Lipinski definition) is 1. The minimum Gasteiger partial charge on any atom is -0.490 e. The van der Waals surface area contributed by atoms with Crippen LogP contribution in [0.25, 0.3) is 6.08 Å². The summed E-state index contributed by atoms with van der Waals surface area (Å²) in [6.45, 7) is 4.07. The van der Waals surface area contributed by atoms with Gasteiger partial charge in [0, 0.05) is 23.0 Å². The van der Waals surface area contributed by atoms with Gasteiger partial charge in [-0.1, -0.05) is 35.0 Å². The molecule has 0 radical (unpaired) electrons. The molecular weight excluding hydrogens is 294 g/mol. The van der Waals surface area contributed by atoms with Crippen LogP contribution in [0.4, 0.5) is 0 Å². The lowest BCUT2D eigenvalue weighted by Gasteiger charge is -2.16. The fourth-order valence-electron chi connectivity index (χ4n) is 2.07. The van der Waals surface area contributed by atoms with Crippen LogP contribution in [0.3, 0.4) is 0 Å². The van der Waals surface area contributed by atoms with Crippen LogP contribution >= 0.6 is 15.9 Å². The van der Waals surface area contributed by atoms with E-state index in [9.17, 15) is 0 Å². The molecule has 0 saturated heterocycles. The zero-order valence-corrected chi connectivity index (χ0v) is 12.1. The summed E-state index contributed by atoms with van der Waals surface area (Å²) in [5.41, 5.74) is 7.83. The summed E-state index contributed by atoms with van der Waals surface area (Å²) in [4.78, 5) is 0. The van der Waals surface area contributed by atoms with Crippen molar-refractivity contribution in [1.29, 1.82) is 0 Å². The molecule has 0 spiro atoms. The first kappa shape index (κ1) is 13.4. The van der Waals surface area contributed by atoms with Gasteiger partial charge in [0.1, 0.15) is 0 Å². The third-order valence-corrected chi connectivity index (χ3v) is 3.56. The van der Waals surface area contributed by atoms with Crippen molar-refractivity contribution in [3.63, 3.8) is 0 Å². The number of rotatable bonds is 3. The second kappa shape index (κ2) is 6.25. The minimum atomic E-state index is 0.532. The second-order valence-electron chi connectivity index (χ2n) is 4.12. The van der Waals surface area contributed by atoms with E-state index < -0.39 is 0 Å². The Morgan fingerprint density at radius 2 is 2.17 bits per heavy atom. The molecular formula is C14H18BrNO2. The van der Waals surface area contributed by atoms with Crippen LogP contribution in [-0.4, -0.2) is 19.8 Å². The largest absolute Gasteiger partial charge is 0.490 e. The van der Waals surface area contributed by atoms with Crippen LogP contribution in [0.1, 0.15) is 24.5 Å². The van der Waals surface area contributed by atoms with Gasteiger partial charge in [0.05, 0.1) is 13.2 Å². The Balaban J connectivity index is 2.53. The fourth-order valence-corrected chi connectivity index (χ4v) is 2.65. The molecule has 18 heavy (non-hydrogen) atoms. The van der Waals surface area contributed by atoms with Gasteiger partial charge in [-0.2, -0.15) is 0 Å². The van der Waals surface area contributed by atoms with E-state index in [1.54, 1.807) is 0 Å². The maximum Gasteiger partial charge on any atom is 0.165 e. The molecule has 0 saturated carbocycles. The molecule has 4 heteroatoms. The van der Waals surface area contributed by atoms with Crippen molar-refractivity contribution in [3.05, 3.63) is 27.7 Å². The van der Waals surface area contributed by atoms with Gasteiger partial charge >= 0.3 is 0 Å². The summed E-state index contributed by atoms with van der Waals surface area (Å²) in [6, 6.07) is 1.98. The normalized spacial score (nSPS) is 14.8. The van der Waals surface area contributed by atoms with Gasteiger partial charge in [-0.3, -0.25) is 0 Å². The number of fused-ring (bicyclic) bond motifs is 1. The molecule has 0 fully saturated rings. The molecule has 0 atom stereocenters. The third kappa shape index (κ3) is 2.70. The van der Waals surface area contributed by atoms with Gasteiger partial charge in [-0.15, -0.1) is 0 Å². The summed E-state index contributed by atoms with van der Waals surface area (Å²) in [7, 11) is 0. The number of benzene rings is 1. The second-order valence-corrected chi connectivity index (χ2v) is 4.97. The van der Waals surface area contributed by atoms with Crippen LogP contribution in [0.15, 0.2) is 16.6 Å². The van der Waals surface area contributed by atoms with E-state index >= 15 is 0 Å². The predicted molar refractivity (Wildman–Crippen MR) is 77.2 cm³/mol.